The third-order valence-corrected chi connectivity index (χ3v) is 5.86. The minimum Gasteiger partial charge on any atom is -0.396 e. The number of aliphatic hydroxyl groups excluding tert-OH is 1. The Balaban J connectivity index is 2.30. The Morgan fingerprint density at radius 3 is 2.80 bits per heavy atom. The quantitative estimate of drug-likeness (QED) is 0.863. The van der Waals surface area contributed by atoms with Gasteiger partial charge >= 0.3 is 0 Å². The molecule has 1 heterocycles. The molecule has 0 aliphatic carbocycles. The van der Waals surface area contributed by atoms with Gasteiger partial charge in [0.15, 0.2) is 0 Å². The molecule has 0 saturated carbocycles. The summed E-state index contributed by atoms with van der Waals surface area (Å²) in [7, 11) is -3.48. The van der Waals surface area contributed by atoms with Crippen LogP contribution in [0, 0.1) is 12.8 Å². The largest absolute Gasteiger partial charge is 0.396 e. The molecule has 2 rings (SSSR count). The van der Waals surface area contributed by atoms with Crippen molar-refractivity contribution < 1.29 is 13.5 Å². The van der Waals surface area contributed by atoms with Gasteiger partial charge < -0.3 is 10.8 Å². The highest BCUT2D eigenvalue weighted by Gasteiger charge is 2.30. The molecule has 0 bridgehead atoms. The van der Waals surface area contributed by atoms with Crippen molar-refractivity contribution in [2.24, 2.45) is 11.7 Å². The van der Waals surface area contributed by atoms with Crippen LogP contribution in [-0.2, 0) is 16.6 Å². The molecule has 5 nitrogen and oxygen atoms in total. The van der Waals surface area contributed by atoms with Crippen molar-refractivity contribution in [3.05, 3.63) is 29.3 Å². The van der Waals surface area contributed by atoms with Crippen LogP contribution in [0.15, 0.2) is 23.1 Å². The zero-order valence-electron chi connectivity index (χ0n) is 11.7. The van der Waals surface area contributed by atoms with E-state index in [2.05, 4.69) is 0 Å². The number of sulfonamides is 1. The van der Waals surface area contributed by atoms with Crippen LogP contribution in [0.25, 0.3) is 0 Å². The predicted molar refractivity (Wildman–Crippen MR) is 77.6 cm³/mol. The fourth-order valence-corrected chi connectivity index (χ4v) is 4.42. The third kappa shape index (κ3) is 3.03. The molecule has 1 fully saturated rings. The van der Waals surface area contributed by atoms with E-state index < -0.39 is 10.0 Å². The van der Waals surface area contributed by atoms with Crippen molar-refractivity contribution in [2.75, 3.05) is 19.7 Å². The molecule has 1 aliphatic rings. The van der Waals surface area contributed by atoms with Gasteiger partial charge in [0.25, 0.3) is 0 Å². The first-order chi connectivity index (χ1) is 9.48. The molecule has 1 aromatic rings. The van der Waals surface area contributed by atoms with E-state index in [4.69, 9.17) is 5.73 Å². The van der Waals surface area contributed by atoms with Crippen LogP contribution in [-0.4, -0.2) is 37.5 Å². The summed E-state index contributed by atoms with van der Waals surface area (Å²) in [4.78, 5) is 0.341. The first kappa shape index (κ1) is 15.4. The van der Waals surface area contributed by atoms with E-state index in [1.807, 2.05) is 6.07 Å². The summed E-state index contributed by atoms with van der Waals surface area (Å²) in [6.07, 6.45) is 1.68. The Morgan fingerprint density at radius 2 is 2.20 bits per heavy atom. The average Bonchev–Trinajstić information content (AvgIpc) is 2.46. The van der Waals surface area contributed by atoms with E-state index >= 15 is 0 Å². The summed E-state index contributed by atoms with van der Waals surface area (Å²) in [6.45, 7) is 3.15. The van der Waals surface area contributed by atoms with Gasteiger partial charge in [0, 0.05) is 26.2 Å². The lowest BCUT2D eigenvalue weighted by Gasteiger charge is -2.31. The summed E-state index contributed by atoms with van der Waals surface area (Å²) in [5, 5.41) is 9.23. The number of hydrogen-bond acceptors (Lipinski definition) is 4. The number of aliphatic hydroxyl groups is 1. The van der Waals surface area contributed by atoms with Crippen molar-refractivity contribution in [3.63, 3.8) is 0 Å². The summed E-state index contributed by atoms with van der Waals surface area (Å²) >= 11 is 0. The second-order valence-electron chi connectivity index (χ2n) is 5.36. The number of nitrogens with zero attached hydrogens (tertiary/aromatic N) is 1. The number of hydrogen-bond donors (Lipinski definition) is 2. The fraction of sp³-hybridized carbons (Fsp3) is 0.571. The molecule has 112 valence electrons. The number of aryl methyl sites for hydroxylation is 1. The topological polar surface area (TPSA) is 83.6 Å². The average molecular weight is 298 g/mol. The molecular weight excluding hydrogens is 276 g/mol. The van der Waals surface area contributed by atoms with Gasteiger partial charge in [-0.3, -0.25) is 0 Å². The zero-order valence-corrected chi connectivity index (χ0v) is 12.6. The van der Waals surface area contributed by atoms with Gasteiger partial charge in [0.2, 0.25) is 10.0 Å². The summed E-state index contributed by atoms with van der Waals surface area (Å²) in [6, 6.07) is 5.21. The highest BCUT2D eigenvalue weighted by atomic mass is 32.2. The SMILES string of the molecule is Cc1cc(CN)ccc1S(=O)(=O)N1CCCC(CO)C1. The molecule has 1 saturated heterocycles. The Kier molecular flexibility index (Phi) is 4.80. The van der Waals surface area contributed by atoms with Gasteiger partial charge in [-0.05, 0) is 42.9 Å². The molecule has 1 aromatic carbocycles. The van der Waals surface area contributed by atoms with Crippen molar-refractivity contribution in [2.45, 2.75) is 31.2 Å². The Morgan fingerprint density at radius 1 is 1.45 bits per heavy atom. The van der Waals surface area contributed by atoms with Gasteiger partial charge in [-0.15, -0.1) is 0 Å². The van der Waals surface area contributed by atoms with Gasteiger partial charge in [0.1, 0.15) is 0 Å². The van der Waals surface area contributed by atoms with Gasteiger partial charge in [-0.1, -0.05) is 12.1 Å². The lowest BCUT2D eigenvalue weighted by Crippen LogP contribution is -2.41. The predicted octanol–water partition coefficient (Wildman–Crippen LogP) is 0.847. The smallest absolute Gasteiger partial charge is 0.243 e. The molecular formula is C14H22N2O3S. The van der Waals surface area contributed by atoms with Gasteiger partial charge in [-0.25, -0.2) is 8.42 Å². The molecule has 3 N–H and O–H groups in total. The highest BCUT2D eigenvalue weighted by Crippen LogP contribution is 2.26. The summed E-state index contributed by atoms with van der Waals surface area (Å²) < 4.78 is 26.9. The van der Waals surface area contributed by atoms with Crippen LogP contribution >= 0.6 is 0 Å². The van der Waals surface area contributed by atoms with Crippen LogP contribution < -0.4 is 5.73 Å². The number of rotatable bonds is 4. The molecule has 20 heavy (non-hydrogen) atoms. The molecule has 1 atom stereocenters. The molecule has 0 spiro atoms. The summed E-state index contributed by atoms with van der Waals surface area (Å²) in [5.41, 5.74) is 7.21. The van der Waals surface area contributed by atoms with E-state index in [1.165, 1.54) is 4.31 Å². The normalized spacial score (nSPS) is 21.1. The van der Waals surface area contributed by atoms with Crippen LogP contribution in [0.5, 0.6) is 0 Å². The minimum absolute atomic E-state index is 0.0388. The first-order valence-corrected chi connectivity index (χ1v) is 8.33. The number of piperidine rings is 1. The second-order valence-corrected chi connectivity index (χ2v) is 7.26. The molecule has 1 aliphatic heterocycles. The monoisotopic (exact) mass is 298 g/mol. The maximum Gasteiger partial charge on any atom is 0.243 e. The standard InChI is InChI=1S/C14H22N2O3S/c1-11-7-12(8-15)4-5-14(11)20(18,19)16-6-2-3-13(9-16)10-17/h4-5,7,13,17H,2-3,6,8-10,15H2,1H3. The zero-order chi connectivity index (χ0) is 14.8. The van der Waals surface area contributed by atoms with E-state index in [-0.39, 0.29) is 12.5 Å². The summed E-state index contributed by atoms with van der Waals surface area (Å²) in [5.74, 6) is 0.0437. The van der Waals surface area contributed by atoms with E-state index in [0.717, 1.165) is 24.0 Å². The molecule has 1 unspecified atom stereocenters. The van der Waals surface area contributed by atoms with Crippen LogP contribution in [0.2, 0.25) is 0 Å². The first-order valence-electron chi connectivity index (χ1n) is 6.89. The van der Waals surface area contributed by atoms with Crippen LogP contribution in [0.3, 0.4) is 0 Å². The Labute approximate surface area is 120 Å². The van der Waals surface area contributed by atoms with Crippen LogP contribution in [0.4, 0.5) is 0 Å². The maximum absolute atomic E-state index is 12.7. The second kappa shape index (κ2) is 6.22. The van der Waals surface area contributed by atoms with Crippen molar-refractivity contribution in [1.29, 1.82) is 0 Å². The molecule has 0 amide bonds. The van der Waals surface area contributed by atoms with Gasteiger partial charge in [0.05, 0.1) is 4.90 Å². The lowest BCUT2D eigenvalue weighted by molar-refractivity contribution is 0.165. The van der Waals surface area contributed by atoms with E-state index in [1.54, 1.807) is 19.1 Å². The molecule has 0 radical (unpaired) electrons. The maximum atomic E-state index is 12.7. The Bertz CT molecular complexity index is 572. The number of benzene rings is 1. The highest BCUT2D eigenvalue weighted by molar-refractivity contribution is 7.89. The van der Waals surface area contributed by atoms with E-state index in [9.17, 15) is 13.5 Å². The fourth-order valence-electron chi connectivity index (χ4n) is 2.66. The Hall–Kier alpha value is -0.950. The number of nitrogens with two attached hydrogens (primary N) is 1. The third-order valence-electron chi connectivity index (χ3n) is 3.83. The van der Waals surface area contributed by atoms with Crippen molar-refractivity contribution in [3.8, 4) is 0 Å². The minimum atomic E-state index is -3.48. The molecule has 0 aromatic heterocycles. The van der Waals surface area contributed by atoms with E-state index in [0.29, 0.717) is 24.5 Å². The van der Waals surface area contributed by atoms with Crippen molar-refractivity contribution >= 4 is 10.0 Å². The van der Waals surface area contributed by atoms with Crippen LogP contribution in [0.1, 0.15) is 24.0 Å². The van der Waals surface area contributed by atoms with Gasteiger partial charge in [-0.2, -0.15) is 4.31 Å². The molecule has 6 heteroatoms. The lowest BCUT2D eigenvalue weighted by atomic mass is 10.0. The van der Waals surface area contributed by atoms with Crippen molar-refractivity contribution in [1.82, 2.24) is 4.31 Å².